The van der Waals surface area contributed by atoms with E-state index in [0.717, 1.165) is 0 Å². The molecule has 60 valence electrons. The number of benzene rings is 1. The normalized spacial score (nSPS) is 13.0. The smallest absolute Gasteiger partial charge is 0.137 e. The van der Waals surface area contributed by atoms with Crippen LogP contribution in [0.1, 0.15) is 0 Å². The van der Waals surface area contributed by atoms with Crippen LogP contribution in [-0.2, 0) is 11.0 Å². The lowest BCUT2D eigenvalue weighted by Crippen LogP contribution is -2.02. The van der Waals surface area contributed by atoms with Gasteiger partial charge in [0.1, 0.15) is 16.8 Å². The summed E-state index contributed by atoms with van der Waals surface area (Å²) in [6, 6.07) is 3.99. The van der Waals surface area contributed by atoms with Crippen molar-refractivity contribution in [1.29, 1.82) is 0 Å². The molecular weight excluding hydrogens is 233 g/mol. The van der Waals surface area contributed by atoms with E-state index in [4.69, 9.17) is 5.14 Å². The van der Waals surface area contributed by atoms with Gasteiger partial charge in [-0.3, -0.25) is 0 Å². The van der Waals surface area contributed by atoms with E-state index in [1.165, 1.54) is 18.2 Å². The van der Waals surface area contributed by atoms with E-state index in [1.807, 2.05) is 0 Å². The van der Waals surface area contributed by atoms with Crippen LogP contribution < -0.4 is 5.14 Å². The Balaban J connectivity index is 3.15. The van der Waals surface area contributed by atoms with Crippen LogP contribution in [-0.4, -0.2) is 4.21 Å². The van der Waals surface area contributed by atoms with E-state index in [0.29, 0.717) is 4.90 Å². The second-order valence-corrected chi connectivity index (χ2v) is 3.79. The van der Waals surface area contributed by atoms with E-state index < -0.39 is 11.0 Å². The van der Waals surface area contributed by atoms with Crippen LogP contribution in [0.3, 0.4) is 0 Å². The molecule has 0 saturated heterocycles. The molecule has 1 aromatic rings. The van der Waals surface area contributed by atoms with Gasteiger partial charge in [0.15, 0.2) is 0 Å². The molecule has 0 heterocycles. The fraction of sp³-hybridized carbons (Fsp3) is 0. The minimum Gasteiger partial charge on any atom is -0.248 e. The summed E-state index contributed by atoms with van der Waals surface area (Å²) in [6.07, 6.45) is 0. The van der Waals surface area contributed by atoms with Gasteiger partial charge in [0.05, 0.1) is 9.37 Å². The molecule has 0 saturated carbocycles. The lowest BCUT2D eigenvalue weighted by atomic mass is 10.3. The summed E-state index contributed by atoms with van der Waals surface area (Å²) in [4.78, 5) is 0.401. The quantitative estimate of drug-likeness (QED) is 0.792. The summed E-state index contributed by atoms with van der Waals surface area (Å²) in [6.45, 7) is 0. The van der Waals surface area contributed by atoms with Crippen LogP contribution in [0.25, 0.3) is 0 Å². The molecule has 0 aromatic heterocycles. The molecule has 0 bridgehead atoms. The molecule has 5 heteroatoms. The van der Waals surface area contributed by atoms with Crippen LogP contribution in [0.5, 0.6) is 0 Å². The number of rotatable bonds is 1. The first-order valence-electron chi connectivity index (χ1n) is 2.72. The lowest BCUT2D eigenvalue weighted by Gasteiger charge is -1.96. The summed E-state index contributed by atoms with van der Waals surface area (Å²) in [5.41, 5.74) is 0. The third kappa shape index (κ3) is 2.08. The topological polar surface area (TPSA) is 43.1 Å². The zero-order valence-corrected chi connectivity index (χ0v) is 7.78. The Morgan fingerprint density at radius 3 is 2.64 bits per heavy atom. The van der Waals surface area contributed by atoms with Crippen molar-refractivity contribution in [3.8, 4) is 0 Å². The summed E-state index contributed by atoms with van der Waals surface area (Å²) in [5.74, 6) is -0.390. The first kappa shape index (κ1) is 8.83. The van der Waals surface area contributed by atoms with Gasteiger partial charge in [-0.25, -0.2) is 13.7 Å². The van der Waals surface area contributed by atoms with Gasteiger partial charge in [-0.2, -0.15) is 0 Å². The second-order valence-electron chi connectivity index (χ2n) is 1.87. The van der Waals surface area contributed by atoms with Crippen molar-refractivity contribution in [2.45, 2.75) is 4.90 Å². The minimum atomic E-state index is -1.54. The van der Waals surface area contributed by atoms with Crippen LogP contribution >= 0.6 is 15.9 Å². The van der Waals surface area contributed by atoms with Crippen molar-refractivity contribution in [2.24, 2.45) is 5.14 Å². The van der Waals surface area contributed by atoms with Crippen molar-refractivity contribution in [3.05, 3.63) is 28.5 Å². The summed E-state index contributed by atoms with van der Waals surface area (Å²) in [5, 5.41) is 5.06. The van der Waals surface area contributed by atoms with Crippen LogP contribution in [0.2, 0.25) is 0 Å². The fourth-order valence-corrected chi connectivity index (χ4v) is 1.57. The van der Waals surface area contributed by atoms with E-state index in [2.05, 4.69) is 15.9 Å². The van der Waals surface area contributed by atoms with E-state index in [9.17, 15) is 8.60 Å². The minimum absolute atomic E-state index is 0.272. The molecule has 11 heavy (non-hydrogen) atoms. The second kappa shape index (κ2) is 3.42. The number of halogens is 2. The number of hydrogen-bond donors (Lipinski definition) is 1. The zero-order valence-electron chi connectivity index (χ0n) is 5.38. The number of hydrogen-bond acceptors (Lipinski definition) is 1. The average Bonchev–Trinajstić information content (AvgIpc) is 1.94. The maximum Gasteiger partial charge on any atom is 0.137 e. The molecule has 0 amide bonds. The molecule has 0 radical (unpaired) electrons. The van der Waals surface area contributed by atoms with E-state index >= 15 is 0 Å². The Morgan fingerprint density at radius 2 is 2.18 bits per heavy atom. The van der Waals surface area contributed by atoms with Gasteiger partial charge < -0.3 is 0 Å². The van der Waals surface area contributed by atoms with Crippen LogP contribution in [0.15, 0.2) is 27.6 Å². The van der Waals surface area contributed by atoms with Gasteiger partial charge >= 0.3 is 0 Å². The van der Waals surface area contributed by atoms with Crippen molar-refractivity contribution in [2.75, 3.05) is 0 Å². The molecule has 1 rings (SSSR count). The Bertz CT molecular complexity index is 305. The van der Waals surface area contributed by atoms with Crippen LogP contribution in [0, 0.1) is 5.82 Å². The molecule has 0 fully saturated rings. The Labute approximate surface area is 74.3 Å². The van der Waals surface area contributed by atoms with Gasteiger partial charge in [0.2, 0.25) is 0 Å². The third-order valence-corrected chi connectivity index (χ3v) is 2.45. The van der Waals surface area contributed by atoms with Gasteiger partial charge in [-0.05, 0) is 34.1 Å². The fourth-order valence-electron chi connectivity index (χ4n) is 0.602. The maximum atomic E-state index is 12.6. The summed E-state index contributed by atoms with van der Waals surface area (Å²) in [7, 11) is -1.54. The first-order valence-corrected chi connectivity index (χ1v) is 4.73. The van der Waals surface area contributed by atoms with E-state index in [1.54, 1.807) is 0 Å². The molecule has 2 nitrogen and oxygen atoms in total. The highest BCUT2D eigenvalue weighted by Gasteiger charge is 2.02. The monoisotopic (exact) mass is 237 g/mol. The van der Waals surface area contributed by atoms with Gasteiger partial charge in [-0.15, -0.1) is 0 Å². The SMILES string of the molecule is NS(=O)c1ccc(F)c(Br)c1. The Kier molecular flexibility index (Phi) is 2.75. The molecule has 1 atom stereocenters. The van der Waals surface area contributed by atoms with Gasteiger partial charge in [-0.1, -0.05) is 0 Å². The highest BCUT2D eigenvalue weighted by Crippen LogP contribution is 2.17. The number of nitrogens with two attached hydrogens (primary N) is 1. The maximum absolute atomic E-state index is 12.6. The van der Waals surface area contributed by atoms with Crippen molar-refractivity contribution in [1.82, 2.24) is 0 Å². The molecular formula is C6H5BrFNOS. The van der Waals surface area contributed by atoms with Gasteiger partial charge in [0.25, 0.3) is 0 Å². The van der Waals surface area contributed by atoms with E-state index in [-0.39, 0.29) is 10.3 Å². The predicted octanol–water partition coefficient (Wildman–Crippen LogP) is 1.57. The van der Waals surface area contributed by atoms with Crippen LogP contribution in [0.4, 0.5) is 4.39 Å². The van der Waals surface area contributed by atoms with Crippen molar-refractivity contribution >= 4 is 26.9 Å². The zero-order chi connectivity index (χ0) is 8.43. The Morgan fingerprint density at radius 1 is 1.55 bits per heavy atom. The summed E-state index contributed by atoms with van der Waals surface area (Å²) >= 11 is 2.95. The molecule has 1 unspecified atom stereocenters. The highest BCUT2D eigenvalue weighted by atomic mass is 79.9. The third-order valence-electron chi connectivity index (χ3n) is 1.12. The molecule has 2 N–H and O–H groups in total. The predicted molar refractivity (Wildman–Crippen MR) is 44.7 cm³/mol. The highest BCUT2D eigenvalue weighted by molar-refractivity contribution is 9.10. The molecule has 0 aliphatic rings. The van der Waals surface area contributed by atoms with Gasteiger partial charge in [0, 0.05) is 0 Å². The first-order chi connectivity index (χ1) is 5.11. The van der Waals surface area contributed by atoms with Crippen molar-refractivity contribution < 1.29 is 8.60 Å². The largest absolute Gasteiger partial charge is 0.248 e. The standard InChI is InChI=1S/C6H5BrFNOS/c7-5-3-4(11(9)10)1-2-6(5)8/h1-3H,9H2. The molecule has 1 aromatic carbocycles. The van der Waals surface area contributed by atoms with Crippen molar-refractivity contribution in [3.63, 3.8) is 0 Å². The average molecular weight is 238 g/mol. The molecule has 0 spiro atoms. The lowest BCUT2D eigenvalue weighted by molar-refractivity contribution is 0.619. The molecule has 0 aliphatic carbocycles. The summed E-state index contributed by atoms with van der Waals surface area (Å²) < 4.78 is 23.5. The molecule has 0 aliphatic heterocycles. The Hall–Kier alpha value is -0.260.